The molecule has 29 heavy (non-hydrogen) atoms. The van der Waals surface area contributed by atoms with Gasteiger partial charge in [-0.25, -0.2) is 4.57 Å². The first-order valence-electron chi connectivity index (χ1n) is 9.18. The summed E-state index contributed by atoms with van der Waals surface area (Å²) in [5.74, 6) is -0.750. The molecule has 2 atom stereocenters. The van der Waals surface area contributed by atoms with Gasteiger partial charge < -0.3 is 20.1 Å². The van der Waals surface area contributed by atoms with Gasteiger partial charge in [0.2, 0.25) is 5.91 Å². The Morgan fingerprint density at radius 3 is 2.59 bits per heavy atom. The number of hydrogen-bond donors (Lipinski definition) is 1. The molecule has 0 bridgehead atoms. The molecule has 1 saturated heterocycles. The van der Waals surface area contributed by atoms with Crippen molar-refractivity contribution in [3.63, 3.8) is 0 Å². The van der Waals surface area contributed by atoms with Gasteiger partial charge in [-0.3, -0.25) is 9.59 Å². The van der Waals surface area contributed by atoms with Crippen molar-refractivity contribution in [3.8, 4) is 0 Å². The van der Waals surface area contributed by atoms with Gasteiger partial charge in [-0.15, -0.1) is 11.8 Å². The first kappa shape index (κ1) is 19.2. The third-order valence-corrected chi connectivity index (χ3v) is 6.26. The molecule has 4 rings (SSSR count). The van der Waals surface area contributed by atoms with E-state index >= 15 is 0 Å². The third-order valence-electron chi connectivity index (χ3n) is 4.88. The molecule has 8 heteroatoms. The molecule has 1 aromatic carbocycles. The second-order valence-electron chi connectivity index (χ2n) is 6.99. The average molecular weight is 409 g/mol. The number of β-lactam (4-membered cyclic amide) rings is 1. The lowest BCUT2D eigenvalue weighted by Crippen LogP contribution is -2.68. The highest BCUT2D eigenvalue weighted by Crippen LogP contribution is 2.36. The summed E-state index contributed by atoms with van der Waals surface area (Å²) in [6.07, 6.45) is 5.44. The Morgan fingerprint density at radius 1 is 1.17 bits per heavy atom. The van der Waals surface area contributed by atoms with E-state index in [1.165, 1.54) is 12.1 Å². The number of amides is 2. The number of aromatic nitrogens is 1. The van der Waals surface area contributed by atoms with Crippen LogP contribution in [0.1, 0.15) is 15.9 Å². The largest absolute Gasteiger partial charge is 0.545 e. The van der Waals surface area contributed by atoms with Gasteiger partial charge in [0.05, 0.1) is 12.4 Å². The molecule has 2 amide bonds. The number of rotatable bonds is 6. The van der Waals surface area contributed by atoms with Crippen LogP contribution in [-0.2, 0) is 22.6 Å². The standard InChI is InChI=1S/C21H19N3O4S/c25-17(10-14-4-2-1-3-5-14)22-18-19(26)24-12-15(13-29-20(18)24)11-23-8-6-16(7-9-23)21(27)28/h1-9,12,18,20H,10-11,13H2,(H-,22,25,27,28)/t18-,20-/m1/s1. The quantitative estimate of drug-likeness (QED) is 0.530. The summed E-state index contributed by atoms with van der Waals surface area (Å²) in [5.41, 5.74) is 2.08. The minimum absolute atomic E-state index is 0.0866. The van der Waals surface area contributed by atoms with Gasteiger partial charge in [-0.1, -0.05) is 30.3 Å². The van der Waals surface area contributed by atoms with E-state index in [-0.39, 0.29) is 29.2 Å². The number of carboxylic acid groups (broad SMARTS) is 1. The second kappa shape index (κ2) is 8.08. The van der Waals surface area contributed by atoms with Gasteiger partial charge in [-0.2, -0.15) is 0 Å². The first-order valence-corrected chi connectivity index (χ1v) is 10.2. The van der Waals surface area contributed by atoms with Gasteiger partial charge in [0.15, 0.2) is 18.9 Å². The molecule has 2 aromatic rings. The van der Waals surface area contributed by atoms with Crippen LogP contribution in [0.4, 0.5) is 0 Å². The van der Waals surface area contributed by atoms with E-state index in [2.05, 4.69) is 5.32 Å². The maximum Gasteiger partial charge on any atom is 0.253 e. The molecule has 0 spiro atoms. The van der Waals surface area contributed by atoms with Gasteiger partial charge in [0.25, 0.3) is 5.91 Å². The summed E-state index contributed by atoms with van der Waals surface area (Å²) in [5, 5.41) is 13.6. The fraction of sp³-hybridized carbons (Fsp3) is 0.238. The lowest BCUT2D eigenvalue weighted by atomic mass is 10.1. The monoisotopic (exact) mass is 409 g/mol. The van der Waals surface area contributed by atoms with Crippen LogP contribution in [0.5, 0.6) is 0 Å². The molecule has 0 aliphatic carbocycles. The molecule has 2 aliphatic rings. The Kier molecular flexibility index (Phi) is 5.35. The lowest BCUT2D eigenvalue weighted by Gasteiger charge is -2.47. The van der Waals surface area contributed by atoms with E-state index < -0.39 is 12.0 Å². The van der Waals surface area contributed by atoms with Crippen molar-refractivity contribution in [1.82, 2.24) is 10.2 Å². The van der Waals surface area contributed by atoms with Crippen molar-refractivity contribution >= 4 is 29.5 Å². The van der Waals surface area contributed by atoms with Crippen molar-refractivity contribution in [2.24, 2.45) is 0 Å². The molecule has 148 valence electrons. The molecule has 0 radical (unpaired) electrons. The Hall–Kier alpha value is -3.13. The number of thioether (sulfide) groups is 1. The Labute approximate surface area is 172 Å². The number of pyridine rings is 1. The van der Waals surface area contributed by atoms with Gasteiger partial charge in [0, 0.05) is 35.2 Å². The summed E-state index contributed by atoms with van der Waals surface area (Å²) in [6, 6.07) is 11.9. The average Bonchev–Trinajstić information content (AvgIpc) is 2.73. The smallest absolute Gasteiger partial charge is 0.253 e. The van der Waals surface area contributed by atoms with Gasteiger partial charge in [-0.05, 0) is 5.56 Å². The zero-order chi connectivity index (χ0) is 20.4. The number of fused-ring (bicyclic) bond motifs is 1. The van der Waals surface area contributed by atoms with E-state index in [0.29, 0.717) is 6.54 Å². The highest BCUT2D eigenvalue weighted by Gasteiger charge is 2.49. The summed E-state index contributed by atoms with van der Waals surface area (Å²) in [6.45, 7) is 0.557. The number of nitrogens with zero attached hydrogens (tertiary/aromatic N) is 2. The molecule has 1 fully saturated rings. The normalized spacial score (nSPS) is 20.3. The third kappa shape index (κ3) is 4.17. The minimum Gasteiger partial charge on any atom is -0.545 e. The van der Waals surface area contributed by atoms with Crippen molar-refractivity contribution in [1.29, 1.82) is 0 Å². The van der Waals surface area contributed by atoms with Crippen LogP contribution in [0.25, 0.3) is 0 Å². The molecule has 1 N–H and O–H groups in total. The number of aromatic carboxylic acids is 1. The second-order valence-corrected chi connectivity index (χ2v) is 8.09. The van der Waals surface area contributed by atoms with Crippen LogP contribution in [0.3, 0.4) is 0 Å². The van der Waals surface area contributed by atoms with E-state index in [1.54, 1.807) is 29.1 Å². The Balaban J connectivity index is 1.34. The summed E-state index contributed by atoms with van der Waals surface area (Å²) >= 11 is 1.61. The van der Waals surface area contributed by atoms with Crippen molar-refractivity contribution in [2.75, 3.05) is 5.75 Å². The minimum atomic E-state index is -1.21. The first-order chi connectivity index (χ1) is 14.0. The highest BCUT2D eigenvalue weighted by molar-refractivity contribution is 8.00. The van der Waals surface area contributed by atoms with Crippen LogP contribution in [0.2, 0.25) is 0 Å². The molecule has 0 saturated carbocycles. The van der Waals surface area contributed by atoms with E-state index in [1.807, 2.05) is 41.1 Å². The molecule has 7 nitrogen and oxygen atoms in total. The number of carbonyl (C=O) groups excluding carboxylic acids is 3. The van der Waals surface area contributed by atoms with Gasteiger partial charge in [0.1, 0.15) is 11.4 Å². The van der Waals surface area contributed by atoms with Crippen LogP contribution in [0, 0.1) is 0 Å². The topological polar surface area (TPSA) is 93.4 Å². The molecular weight excluding hydrogens is 390 g/mol. The molecule has 2 aliphatic heterocycles. The fourth-order valence-electron chi connectivity index (χ4n) is 3.38. The Morgan fingerprint density at radius 2 is 1.90 bits per heavy atom. The number of carbonyl (C=O) groups is 3. The number of carboxylic acids is 1. The highest BCUT2D eigenvalue weighted by atomic mass is 32.2. The van der Waals surface area contributed by atoms with E-state index in [9.17, 15) is 19.5 Å². The van der Waals surface area contributed by atoms with Crippen molar-refractivity contribution in [3.05, 3.63) is 77.8 Å². The van der Waals surface area contributed by atoms with Crippen LogP contribution in [-0.4, -0.2) is 39.9 Å². The van der Waals surface area contributed by atoms with E-state index in [4.69, 9.17) is 0 Å². The predicted octanol–water partition coefficient (Wildman–Crippen LogP) is -0.136. The maximum atomic E-state index is 12.5. The number of nitrogens with one attached hydrogen (secondary N) is 1. The fourth-order valence-corrected chi connectivity index (χ4v) is 4.64. The van der Waals surface area contributed by atoms with Crippen LogP contribution in [0.15, 0.2) is 66.6 Å². The van der Waals surface area contributed by atoms with Crippen molar-refractivity contribution in [2.45, 2.75) is 24.4 Å². The van der Waals surface area contributed by atoms with E-state index in [0.717, 1.165) is 16.9 Å². The van der Waals surface area contributed by atoms with Crippen LogP contribution >= 0.6 is 11.8 Å². The summed E-state index contributed by atoms with van der Waals surface area (Å²) in [4.78, 5) is 37.2. The summed E-state index contributed by atoms with van der Waals surface area (Å²) in [7, 11) is 0. The lowest BCUT2D eigenvalue weighted by molar-refractivity contribution is -0.689. The number of hydrogen-bond acceptors (Lipinski definition) is 5. The molecule has 1 aromatic heterocycles. The van der Waals surface area contributed by atoms with Gasteiger partial charge >= 0.3 is 0 Å². The Bertz CT molecular complexity index is 975. The SMILES string of the molecule is O=C(Cc1ccccc1)N[C@@H]1C(=O)N2C=C(C[n+]3ccc(C(=O)[O-])cc3)CS[C@H]12. The molecule has 0 unspecified atom stereocenters. The molecule has 3 heterocycles. The molecular formula is C21H19N3O4S. The summed E-state index contributed by atoms with van der Waals surface area (Å²) < 4.78 is 1.85. The zero-order valence-electron chi connectivity index (χ0n) is 15.5. The zero-order valence-corrected chi connectivity index (χ0v) is 16.3. The maximum absolute atomic E-state index is 12.5. The van der Waals surface area contributed by atoms with Crippen LogP contribution < -0.4 is 15.0 Å². The number of benzene rings is 1. The predicted molar refractivity (Wildman–Crippen MR) is 104 cm³/mol. The van der Waals surface area contributed by atoms with Crippen molar-refractivity contribution < 1.29 is 24.1 Å².